The number of aryl methyl sites for hydroxylation is 1. The summed E-state index contributed by atoms with van der Waals surface area (Å²) in [4.78, 5) is 12.1. The maximum atomic E-state index is 5.86. The summed E-state index contributed by atoms with van der Waals surface area (Å²) in [6.07, 6.45) is 0.362. The van der Waals surface area contributed by atoms with Crippen molar-refractivity contribution in [3.63, 3.8) is 0 Å². The second kappa shape index (κ2) is 6.45. The van der Waals surface area contributed by atoms with Crippen LogP contribution < -0.4 is 4.90 Å². The highest BCUT2D eigenvalue weighted by atomic mass is 16.5. The molecular weight excluding hydrogens is 310 g/mol. The van der Waals surface area contributed by atoms with E-state index in [9.17, 15) is 0 Å². The van der Waals surface area contributed by atoms with Gasteiger partial charge in [-0.2, -0.15) is 0 Å². The molecule has 1 aromatic heterocycles. The van der Waals surface area contributed by atoms with Gasteiger partial charge in [0.1, 0.15) is 0 Å². The average molecular weight is 333 g/mol. The van der Waals surface area contributed by atoms with Gasteiger partial charge in [0.05, 0.1) is 23.4 Å². The van der Waals surface area contributed by atoms with Crippen LogP contribution in [0.15, 0.2) is 48.5 Å². The first-order chi connectivity index (χ1) is 12.1. The average Bonchev–Trinajstić information content (AvgIpc) is 2.60. The van der Waals surface area contributed by atoms with Gasteiger partial charge in [0.2, 0.25) is 5.95 Å². The van der Waals surface area contributed by atoms with Gasteiger partial charge in [0.15, 0.2) is 0 Å². The van der Waals surface area contributed by atoms with Crippen molar-refractivity contribution >= 4 is 16.9 Å². The fourth-order valence-corrected chi connectivity index (χ4v) is 3.53. The van der Waals surface area contributed by atoms with Gasteiger partial charge in [-0.25, -0.2) is 9.97 Å². The van der Waals surface area contributed by atoms with Crippen LogP contribution in [0.4, 0.5) is 5.95 Å². The summed E-state index contributed by atoms with van der Waals surface area (Å²) in [7, 11) is 0. The molecule has 1 fully saturated rings. The molecule has 25 heavy (non-hydrogen) atoms. The van der Waals surface area contributed by atoms with E-state index in [4.69, 9.17) is 14.7 Å². The predicted molar refractivity (Wildman–Crippen MR) is 102 cm³/mol. The molecule has 128 valence electrons. The Morgan fingerprint density at radius 2 is 1.68 bits per heavy atom. The molecule has 1 saturated heterocycles. The molecule has 0 aliphatic carbocycles. The van der Waals surface area contributed by atoms with Crippen LogP contribution in [0.5, 0.6) is 0 Å². The Kier molecular flexibility index (Phi) is 4.14. The van der Waals surface area contributed by atoms with Crippen LogP contribution in [0.1, 0.15) is 19.4 Å². The number of aromatic nitrogens is 2. The number of hydrogen-bond donors (Lipinski definition) is 0. The summed E-state index contributed by atoms with van der Waals surface area (Å²) in [6, 6.07) is 16.7. The lowest BCUT2D eigenvalue weighted by Gasteiger charge is -2.35. The van der Waals surface area contributed by atoms with Crippen molar-refractivity contribution in [2.75, 3.05) is 18.0 Å². The minimum Gasteiger partial charge on any atom is -0.372 e. The Morgan fingerprint density at radius 3 is 2.40 bits per heavy atom. The minimum absolute atomic E-state index is 0.181. The molecule has 0 bridgehead atoms. The standard InChI is InChI=1S/C21H23N3O/c1-14-9-10-18-19(11-14)22-21(24-12-15(2)25-16(3)13-24)23-20(18)17-7-5-4-6-8-17/h4-11,15-16H,12-13H2,1-3H3. The van der Waals surface area contributed by atoms with Crippen LogP contribution in [0.25, 0.3) is 22.2 Å². The number of hydrogen-bond acceptors (Lipinski definition) is 4. The van der Waals surface area contributed by atoms with Crippen LogP contribution in [-0.4, -0.2) is 35.3 Å². The summed E-state index contributed by atoms with van der Waals surface area (Å²) >= 11 is 0. The van der Waals surface area contributed by atoms with E-state index in [0.29, 0.717) is 0 Å². The molecule has 4 rings (SSSR count). The molecule has 4 nitrogen and oxygen atoms in total. The molecule has 0 radical (unpaired) electrons. The zero-order chi connectivity index (χ0) is 17.4. The quantitative estimate of drug-likeness (QED) is 0.704. The van der Waals surface area contributed by atoms with E-state index in [1.807, 2.05) is 6.07 Å². The van der Waals surface area contributed by atoms with Crippen molar-refractivity contribution < 1.29 is 4.74 Å². The van der Waals surface area contributed by atoms with E-state index in [1.165, 1.54) is 5.56 Å². The number of morpholine rings is 1. The van der Waals surface area contributed by atoms with Crippen LogP contribution in [0.3, 0.4) is 0 Å². The van der Waals surface area contributed by atoms with E-state index in [2.05, 4.69) is 68.1 Å². The molecule has 2 heterocycles. The van der Waals surface area contributed by atoms with Gasteiger partial charge in [-0.3, -0.25) is 0 Å². The molecule has 2 aromatic carbocycles. The third-order valence-electron chi connectivity index (χ3n) is 4.59. The molecule has 3 aromatic rings. The molecule has 1 aliphatic heterocycles. The Bertz CT molecular complexity index is 884. The molecule has 0 N–H and O–H groups in total. The molecule has 2 unspecified atom stereocenters. The van der Waals surface area contributed by atoms with Crippen molar-refractivity contribution in [1.82, 2.24) is 9.97 Å². The maximum Gasteiger partial charge on any atom is 0.226 e. The Morgan fingerprint density at radius 1 is 0.960 bits per heavy atom. The minimum atomic E-state index is 0.181. The second-order valence-electron chi connectivity index (χ2n) is 6.92. The van der Waals surface area contributed by atoms with Crippen molar-refractivity contribution in [3.05, 3.63) is 54.1 Å². The summed E-state index contributed by atoms with van der Waals surface area (Å²) in [6.45, 7) is 7.94. The molecule has 0 saturated carbocycles. The summed E-state index contributed by atoms with van der Waals surface area (Å²) < 4.78 is 5.86. The highest BCUT2D eigenvalue weighted by molar-refractivity contribution is 5.93. The second-order valence-corrected chi connectivity index (χ2v) is 6.92. The SMILES string of the molecule is Cc1ccc2c(-c3ccccc3)nc(N3CC(C)OC(C)C3)nc2c1. The largest absolute Gasteiger partial charge is 0.372 e. The molecule has 4 heteroatoms. The molecule has 0 spiro atoms. The lowest BCUT2D eigenvalue weighted by Crippen LogP contribution is -2.46. The van der Waals surface area contributed by atoms with Crippen LogP contribution in [0.2, 0.25) is 0 Å². The first kappa shape index (κ1) is 16.0. The van der Waals surface area contributed by atoms with Gasteiger partial charge in [-0.15, -0.1) is 0 Å². The lowest BCUT2D eigenvalue weighted by molar-refractivity contribution is -0.00569. The van der Waals surface area contributed by atoms with Crippen molar-refractivity contribution in [2.24, 2.45) is 0 Å². The molecular formula is C21H23N3O. The number of ether oxygens (including phenoxy) is 1. The van der Waals surface area contributed by atoms with Gasteiger partial charge in [0, 0.05) is 24.0 Å². The van der Waals surface area contributed by atoms with Crippen LogP contribution in [0, 0.1) is 6.92 Å². The Hall–Kier alpha value is -2.46. The van der Waals surface area contributed by atoms with E-state index in [1.54, 1.807) is 0 Å². The monoisotopic (exact) mass is 333 g/mol. The van der Waals surface area contributed by atoms with E-state index < -0.39 is 0 Å². The first-order valence-corrected chi connectivity index (χ1v) is 8.84. The third kappa shape index (κ3) is 3.22. The maximum absolute atomic E-state index is 5.86. The van der Waals surface area contributed by atoms with Crippen molar-refractivity contribution in [1.29, 1.82) is 0 Å². The van der Waals surface area contributed by atoms with Gasteiger partial charge in [-0.1, -0.05) is 42.5 Å². The predicted octanol–water partition coefficient (Wildman–Crippen LogP) is 4.22. The van der Waals surface area contributed by atoms with Crippen molar-refractivity contribution in [3.8, 4) is 11.3 Å². The van der Waals surface area contributed by atoms with Gasteiger partial charge in [-0.05, 0) is 32.4 Å². The Labute approximate surface area is 148 Å². The summed E-state index contributed by atoms with van der Waals surface area (Å²) in [5.41, 5.74) is 4.32. The normalized spacial score (nSPS) is 20.8. The van der Waals surface area contributed by atoms with Gasteiger partial charge in [0.25, 0.3) is 0 Å². The smallest absolute Gasteiger partial charge is 0.226 e. The first-order valence-electron chi connectivity index (χ1n) is 8.84. The van der Waals surface area contributed by atoms with Gasteiger partial charge < -0.3 is 9.64 Å². The topological polar surface area (TPSA) is 38.2 Å². The number of benzene rings is 2. The third-order valence-corrected chi connectivity index (χ3v) is 4.59. The Balaban J connectivity index is 1.88. The zero-order valence-electron chi connectivity index (χ0n) is 14.9. The molecule has 0 amide bonds. The highest BCUT2D eigenvalue weighted by Gasteiger charge is 2.25. The van der Waals surface area contributed by atoms with E-state index >= 15 is 0 Å². The molecule has 1 aliphatic rings. The fraction of sp³-hybridized carbons (Fsp3) is 0.333. The number of nitrogens with zero attached hydrogens (tertiary/aromatic N) is 3. The number of rotatable bonds is 2. The summed E-state index contributed by atoms with van der Waals surface area (Å²) in [5.74, 6) is 0.791. The van der Waals surface area contributed by atoms with Crippen molar-refractivity contribution in [2.45, 2.75) is 33.0 Å². The molecule has 2 atom stereocenters. The van der Waals surface area contributed by atoms with Crippen LogP contribution >= 0.6 is 0 Å². The van der Waals surface area contributed by atoms with Crippen LogP contribution in [-0.2, 0) is 4.74 Å². The zero-order valence-corrected chi connectivity index (χ0v) is 14.9. The number of anilines is 1. The van der Waals surface area contributed by atoms with E-state index in [0.717, 1.165) is 41.2 Å². The fourth-order valence-electron chi connectivity index (χ4n) is 3.53. The lowest BCUT2D eigenvalue weighted by atomic mass is 10.1. The number of fused-ring (bicyclic) bond motifs is 1. The van der Waals surface area contributed by atoms with Gasteiger partial charge >= 0.3 is 0 Å². The summed E-state index contributed by atoms with van der Waals surface area (Å²) in [5, 5.41) is 1.09. The highest BCUT2D eigenvalue weighted by Crippen LogP contribution is 2.29. The van der Waals surface area contributed by atoms with E-state index in [-0.39, 0.29) is 12.2 Å².